The number of urea groups is 1. The molecule has 33 heavy (non-hydrogen) atoms. The fourth-order valence-electron chi connectivity index (χ4n) is 4.92. The van der Waals surface area contributed by atoms with Gasteiger partial charge in [0.1, 0.15) is 11.4 Å². The highest BCUT2D eigenvalue weighted by atomic mass is 16.5. The smallest absolute Gasteiger partial charge is 0.321 e. The van der Waals surface area contributed by atoms with Gasteiger partial charge in [0.15, 0.2) is 0 Å². The van der Waals surface area contributed by atoms with Crippen molar-refractivity contribution < 1.29 is 9.53 Å². The van der Waals surface area contributed by atoms with Gasteiger partial charge in [0.2, 0.25) is 0 Å². The molecule has 2 atom stereocenters. The van der Waals surface area contributed by atoms with Gasteiger partial charge in [0.25, 0.3) is 5.56 Å². The van der Waals surface area contributed by atoms with Crippen LogP contribution in [0.4, 0.5) is 16.2 Å². The Kier molecular flexibility index (Phi) is 5.77. The Morgan fingerprint density at radius 2 is 1.79 bits per heavy atom. The first kappa shape index (κ1) is 21.1. The zero-order chi connectivity index (χ0) is 22.8. The molecule has 0 spiro atoms. The average molecular weight is 445 g/mol. The largest absolute Gasteiger partial charge is 0.497 e. The summed E-state index contributed by atoms with van der Waals surface area (Å²) in [5.74, 6) is 1.18. The summed E-state index contributed by atoms with van der Waals surface area (Å²) in [5.41, 5.74) is 3.53. The number of rotatable bonds is 5. The molecule has 170 valence electrons. The van der Waals surface area contributed by atoms with Crippen molar-refractivity contribution in [1.82, 2.24) is 9.47 Å². The molecule has 0 saturated carbocycles. The number of pyridine rings is 1. The molecule has 7 heteroatoms. The Morgan fingerprint density at radius 3 is 2.55 bits per heavy atom. The van der Waals surface area contributed by atoms with Gasteiger partial charge in [0.05, 0.1) is 7.11 Å². The van der Waals surface area contributed by atoms with Crippen LogP contribution in [0.2, 0.25) is 0 Å². The third kappa shape index (κ3) is 4.44. The van der Waals surface area contributed by atoms with E-state index in [9.17, 15) is 9.59 Å². The number of fused-ring (bicyclic) bond motifs is 4. The molecule has 2 amide bonds. The number of ether oxygens (including phenoxy) is 1. The molecular formula is C26H28N4O3. The van der Waals surface area contributed by atoms with E-state index in [1.165, 1.54) is 0 Å². The molecule has 1 saturated heterocycles. The average Bonchev–Trinajstić information content (AvgIpc) is 2.85. The predicted octanol–water partition coefficient (Wildman–Crippen LogP) is 4.12. The molecule has 2 aliphatic heterocycles. The molecule has 0 aliphatic carbocycles. The number of nitrogens with zero attached hydrogens (tertiary/aromatic N) is 2. The summed E-state index contributed by atoms with van der Waals surface area (Å²) < 4.78 is 7.08. The standard InChI is InChI=1S/C26H28N4O3/c1-33-22-9-7-21(8-10-22)28-26(32)29-15-19-13-20(17-29)24-12-11-23(25(31)30(24)16-19)27-14-18-5-3-2-4-6-18/h2-12,19-20,27H,13-17H2,1H3,(H,28,32)/t19-,20+/m0/s1. The van der Waals surface area contributed by atoms with Crippen molar-refractivity contribution in [2.24, 2.45) is 5.92 Å². The zero-order valence-electron chi connectivity index (χ0n) is 18.7. The van der Waals surface area contributed by atoms with Crippen LogP contribution >= 0.6 is 0 Å². The van der Waals surface area contributed by atoms with Crippen LogP contribution in [0, 0.1) is 5.92 Å². The predicted molar refractivity (Wildman–Crippen MR) is 129 cm³/mol. The number of likely N-dealkylation sites (tertiary alicyclic amines) is 1. The number of benzene rings is 2. The summed E-state index contributed by atoms with van der Waals surface area (Å²) in [6, 6.07) is 21.2. The molecule has 2 aliphatic rings. The quantitative estimate of drug-likeness (QED) is 0.621. The maximum atomic E-state index is 13.2. The van der Waals surface area contributed by atoms with Gasteiger partial charge in [-0.2, -0.15) is 0 Å². The Labute approximate surface area is 193 Å². The third-order valence-electron chi connectivity index (χ3n) is 6.56. The fraction of sp³-hybridized carbons (Fsp3) is 0.308. The van der Waals surface area contributed by atoms with Crippen molar-refractivity contribution in [3.63, 3.8) is 0 Å². The Hall–Kier alpha value is -3.74. The molecule has 2 N–H and O–H groups in total. The van der Waals surface area contributed by atoms with Gasteiger partial charge < -0.3 is 24.8 Å². The third-order valence-corrected chi connectivity index (χ3v) is 6.56. The molecule has 0 unspecified atom stereocenters. The van der Waals surface area contributed by atoms with E-state index in [-0.39, 0.29) is 23.4 Å². The lowest BCUT2D eigenvalue weighted by molar-refractivity contribution is 0.139. The number of carbonyl (C=O) groups excluding carboxylic acids is 1. The van der Waals surface area contributed by atoms with Crippen molar-refractivity contribution in [3.05, 3.63) is 88.3 Å². The number of amides is 2. The van der Waals surface area contributed by atoms with Gasteiger partial charge in [0, 0.05) is 43.5 Å². The SMILES string of the molecule is COc1ccc(NC(=O)N2C[C@@H]3C[C@H](C2)c2ccc(NCc4ccccc4)c(=O)n2C3)cc1. The number of carbonyl (C=O) groups is 1. The van der Waals surface area contributed by atoms with Crippen LogP contribution in [0.5, 0.6) is 5.75 Å². The summed E-state index contributed by atoms with van der Waals surface area (Å²) in [6.07, 6.45) is 1.00. The molecule has 1 aromatic heterocycles. The summed E-state index contributed by atoms with van der Waals surface area (Å²) in [7, 11) is 1.62. The van der Waals surface area contributed by atoms with E-state index in [0.717, 1.165) is 29.1 Å². The second kappa shape index (κ2) is 9.02. The number of aromatic nitrogens is 1. The Balaban J connectivity index is 1.28. The molecule has 2 bridgehead atoms. The van der Waals surface area contributed by atoms with E-state index in [1.807, 2.05) is 76.2 Å². The summed E-state index contributed by atoms with van der Waals surface area (Å²) >= 11 is 0. The molecule has 3 heterocycles. The van der Waals surface area contributed by atoms with Gasteiger partial charge in [-0.05, 0) is 54.3 Å². The first-order valence-electron chi connectivity index (χ1n) is 11.3. The van der Waals surface area contributed by atoms with E-state index in [0.29, 0.717) is 31.9 Å². The van der Waals surface area contributed by atoms with E-state index in [4.69, 9.17) is 4.74 Å². The number of hydrogen-bond donors (Lipinski definition) is 2. The highest BCUT2D eigenvalue weighted by Crippen LogP contribution is 2.35. The summed E-state index contributed by atoms with van der Waals surface area (Å²) in [5, 5.41) is 6.27. The lowest BCUT2D eigenvalue weighted by atomic mass is 9.83. The Bertz CT molecular complexity index is 1190. The number of anilines is 2. The van der Waals surface area contributed by atoms with Crippen LogP contribution in [0.3, 0.4) is 0 Å². The molecule has 1 fully saturated rings. The lowest BCUT2D eigenvalue weighted by Gasteiger charge is -2.42. The van der Waals surface area contributed by atoms with Crippen molar-refractivity contribution in [2.75, 3.05) is 30.8 Å². The van der Waals surface area contributed by atoms with E-state index >= 15 is 0 Å². The van der Waals surface area contributed by atoms with Crippen molar-refractivity contribution in [1.29, 1.82) is 0 Å². The van der Waals surface area contributed by atoms with Crippen LogP contribution in [0.1, 0.15) is 23.6 Å². The van der Waals surface area contributed by atoms with Crippen molar-refractivity contribution in [2.45, 2.75) is 25.4 Å². The molecule has 3 aromatic rings. The van der Waals surface area contributed by atoms with E-state index < -0.39 is 0 Å². The number of piperidine rings is 1. The fourth-order valence-corrected chi connectivity index (χ4v) is 4.92. The topological polar surface area (TPSA) is 75.6 Å². The molecule has 0 radical (unpaired) electrons. The second-order valence-electron chi connectivity index (χ2n) is 8.79. The first-order valence-corrected chi connectivity index (χ1v) is 11.3. The normalized spacial score (nSPS) is 18.9. The van der Waals surface area contributed by atoms with Crippen LogP contribution in [-0.4, -0.2) is 35.7 Å². The van der Waals surface area contributed by atoms with E-state index in [1.54, 1.807) is 7.11 Å². The Morgan fingerprint density at radius 1 is 1.00 bits per heavy atom. The molecule has 5 rings (SSSR count). The van der Waals surface area contributed by atoms with Crippen LogP contribution in [-0.2, 0) is 13.1 Å². The molecular weight excluding hydrogens is 416 g/mol. The zero-order valence-corrected chi connectivity index (χ0v) is 18.7. The van der Waals surface area contributed by atoms with Gasteiger partial charge in [-0.25, -0.2) is 4.79 Å². The van der Waals surface area contributed by atoms with Crippen LogP contribution in [0.15, 0.2) is 71.5 Å². The minimum absolute atomic E-state index is 0.0225. The maximum Gasteiger partial charge on any atom is 0.321 e. The first-order chi connectivity index (χ1) is 16.1. The molecule has 7 nitrogen and oxygen atoms in total. The minimum Gasteiger partial charge on any atom is -0.497 e. The van der Waals surface area contributed by atoms with Gasteiger partial charge >= 0.3 is 6.03 Å². The van der Waals surface area contributed by atoms with Crippen molar-refractivity contribution >= 4 is 17.4 Å². The molecule has 2 aromatic carbocycles. The van der Waals surface area contributed by atoms with Gasteiger partial charge in [-0.3, -0.25) is 4.79 Å². The monoisotopic (exact) mass is 444 g/mol. The lowest BCUT2D eigenvalue weighted by Crippen LogP contribution is -2.50. The van der Waals surface area contributed by atoms with Gasteiger partial charge in [-0.15, -0.1) is 0 Å². The van der Waals surface area contributed by atoms with Crippen LogP contribution in [0.25, 0.3) is 0 Å². The van der Waals surface area contributed by atoms with Crippen LogP contribution < -0.4 is 20.9 Å². The summed E-state index contributed by atoms with van der Waals surface area (Å²) in [6.45, 7) is 2.50. The number of methoxy groups -OCH3 is 1. The maximum absolute atomic E-state index is 13.2. The highest BCUT2D eigenvalue weighted by molar-refractivity contribution is 5.89. The van der Waals surface area contributed by atoms with E-state index in [2.05, 4.69) is 10.6 Å². The summed E-state index contributed by atoms with van der Waals surface area (Å²) in [4.78, 5) is 28.0. The highest BCUT2D eigenvalue weighted by Gasteiger charge is 2.36. The van der Waals surface area contributed by atoms with Crippen molar-refractivity contribution in [3.8, 4) is 5.75 Å². The number of hydrogen-bond acceptors (Lipinski definition) is 4. The number of nitrogens with one attached hydrogen (secondary N) is 2. The minimum atomic E-state index is -0.105. The second-order valence-corrected chi connectivity index (χ2v) is 8.79. The van der Waals surface area contributed by atoms with Gasteiger partial charge in [-0.1, -0.05) is 30.3 Å².